The summed E-state index contributed by atoms with van der Waals surface area (Å²) in [6.45, 7) is 2.21. The molecule has 4 nitrogen and oxygen atoms in total. The van der Waals surface area contributed by atoms with E-state index in [9.17, 15) is 4.39 Å². The van der Waals surface area contributed by atoms with Crippen LogP contribution in [0.15, 0.2) is 12.1 Å². The first-order valence-corrected chi connectivity index (χ1v) is 6.62. The summed E-state index contributed by atoms with van der Waals surface area (Å²) in [6.07, 6.45) is 0.889. The summed E-state index contributed by atoms with van der Waals surface area (Å²) in [4.78, 5) is 2.17. The fourth-order valence-electron chi connectivity index (χ4n) is 3.12. The standard InChI is InChI=1S/C14H19FN2O2/c1-17-6-9(5-16)4-12(17)14-10-7-18-8-19-13(10)3-2-11(14)15/h2-3,9,12H,4-8,16H2,1H3. The molecule has 2 N–H and O–H groups in total. The van der Waals surface area contributed by atoms with Gasteiger partial charge in [-0.15, -0.1) is 0 Å². The average Bonchev–Trinajstić information content (AvgIpc) is 2.80. The number of hydrogen-bond donors (Lipinski definition) is 1. The van der Waals surface area contributed by atoms with Crippen molar-refractivity contribution in [3.05, 3.63) is 29.1 Å². The molecule has 0 amide bonds. The Hall–Kier alpha value is -1.17. The minimum atomic E-state index is -0.178. The SMILES string of the molecule is CN1CC(CN)CC1c1c(F)ccc2c1COCO2. The van der Waals surface area contributed by atoms with Crippen LogP contribution in [0.25, 0.3) is 0 Å². The van der Waals surface area contributed by atoms with Crippen molar-refractivity contribution < 1.29 is 13.9 Å². The smallest absolute Gasteiger partial charge is 0.189 e. The maximum Gasteiger partial charge on any atom is 0.189 e. The van der Waals surface area contributed by atoms with Crippen LogP contribution in [-0.2, 0) is 11.3 Å². The van der Waals surface area contributed by atoms with Crippen molar-refractivity contribution in [2.24, 2.45) is 11.7 Å². The average molecular weight is 266 g/mol. The van der Waals surface area contributed by atoms with Crippen LogP contribution in [-0.4, -0.2) is 31.8 Å². The summed E-state index contributed by atoms with van der Waals surface area (Å²) in [6, 6.07) is 3.24. The molecule has 2 heterocycles. The van der Waals surface area contributed by atoms with E-state index in [0.717, 1.165) is 29.8 Å². The molecule has 19 heavy (non-hydrogen) atoms. The van der Waals surface area contributed by atoms with Crippen LogP contribution in [0.1, 0.15) is 23.6 Å². The lowest BCUT2D eigenvalue weighted by atomic mass is 9.94. The van der Waals surface area contributed by atoms with Crippen molar-refractivity contribution in [1.29, 1.82) is 0 Å². The highest BCUT2D eigenvalue weighted by molar-refractivity contribution is 5.43. The Morgan fingerprint density at radius 3 is 3.05 bits per heavy atom. The highest BCUT2D eigenvalue weighted by atomic mass is 19.1. The third kappa shape index (κ3) is 2.22. The zero-order chi connectivity index (χ0) is 13.4. The summed E-state index contributed by atoms with van der Waals surface area (Å²) >= 11 is 0. The van der Waals surface area contributed by atoms with Gasteiger partial charge in [-0.05, 0) is 38.1 Å². The van der Waals surface area contributed by atoms with Crippen LogP contribution in [0.3, 0.4) is 0 Å². The van der Waals surface area contributed by atoms with Crippen molar-refractivity contribution in [2.75, 3.05) is 26.9 Å². The molecule has 2 aliphatic rings. The molecule has 0 aliphatic carbocycles. The monoisotopic (exact) mass is 266 g/mol. The van der Waals surface area contributed by atoms with E-state index in [2.05, 4.69) is 4.90 Å². The summed E-state index contributed by atoms with van der Waals surface area (Å²) in [5, 5.41) is 0. The number of likely N-dealkylation sites (tertiary alicyclic amines) is 1. The van der Waals surface area contributed by atoms with Gasteiger partial charge in [0.2, 0.25) is 0 Å². The van der Waals surface area contributed by atoms with Gasteiger partial charge in [0.1, 0.15) is 11.6 Å². The topological polar surface area (TPSA) is 47.7 Å². The van der Waals surface area contributed by atoms with Crippen molar-refractivity contribution in [1.82, 2.24) is 4.90 Å². The van der Waals surface area contributed by atoms with Gasteiger partial charge in [0.15, 0.2) is 6.79 Å². The van der Waals surface area contributed by atoms with E-state index < -0.39 is 0 Å². The van der Waals surface area contributed by atoms with Gasteiger partial charge in [0, 0.05) is 23.7 Å². The van der Waals surface area contributed by atoms with E-state index >= 15 is 0 Å². The molecule has 0 bridgehead atoms. The van der Waals surface area contributed by atoms with Crippen LogP contribution in [0, 0.1) is 11.7 Å². The van der Waals surface area contributed by atoms with Crippen LogP contribution in [0.2, 0.25) is 0 Å². The first-order valence-electron chi connectivity index (χ1n) is 6.62. The molecule has 0 saturated carbocycles. The quantitative estimate of drug-likeness (QED) is 0.884. The summed E-state index contributed by atoms with van der Waals surface area (Å²) in [7, 11) is 2.02. The molecule has 5 heteroatoms. The van der Waals surface area contributed by atoms with E-state index in [1.54, 1.807) is 6.07 Å². The molecule has 0 spiro atoms. The number of hydrogen-bond acceptors (Lipinski definition) is 4. The molecule has 1 aromatic rings. The van der Waals surface area contributed by atoms with Gasteiger partial charge in [-0.2, -0.15) is 0 Å². The summed E-state index contributed by atoms with van der Waals surface area (Å²) < 4.78 is 25.0. The largest absolute Gasteiger partial charge is 0.467 e. The van der Waals surface area contributed by atoms with E-state index in [1.807, 2.05) is 7.05 Å². The van der Waals surface area contributed by atoms with Gasteiger partial charge in [0.25, 0.3) is 0 Å². The van der Waals surface area contributed by atoms with E-state index in [4.69, 9.17) is 15.2 Å². The highest BCUT2D eigenvalue weighted by Crippen LogP contribution is 2.40. The second kappa shape index (κ2) is 5.07. The fraction of sp³-hybridized carbons (Fsp3) is 0.571. The van der Waals surface area contributed by atoms with Gasteiger partial charge in [0.05, 0.1) is 6.61 Å². The Morgan fingerprint density at radius 2 is 2.32 bits per heavy atom. The number of nitrogens with two attached hydrogens (primary N) is 1. The third-order valence-electron chi connectivity index (χ3n) is 4.11. The number of fused-ring (bicyclic) bond motifs is 1. The maximum atomic E-state index is 14.3. The molecule has 1 aromatic carbocycles. The Balaban J connectivity index is 2.00. The normalized spacial score (nSPS) is 27.1. The number of ether oxygens (including phenoxy) is 2. The lowest BCUT2D eigenvalue weighted by Gasteiger charge is -2.27. The maximum absolute atomic E-state index is 14.3. The van der Waals surface area contributed by atoms with Crippen LogP contribution < -0.4 is 10.5 Å². The molecule has 2 unspecified atom stereocenters. The molecule has 0 radical (unpaired) electrons. The predicted molar refractivity (Wildman–Crippen MR) is 69.2 cm³/mol. The van der Waals surface area contributed by atoms with Gasteiger partial charge in [-0.25, -0.2) is 4.39 Å². The number of rotatable bonds is 2. The predicted octanol–water partition coefficient (Wildman–Crippen LogP) is 1.64. The van der Waals surface area contributed by atoms with Crippen molar-refractivity contribution in [2.45, 2.75) is 19.1 Å². The summed E-state index contributed by atoms with van der Waals surface area (Å²) in [5.74, 6) is 0.991. The number of benzene rings is 1. The Kier molecular flexibility index (Phi) is 3.43. The van der Waals surface area contributed by atoms with Gasteiger partial charge < -0.3 is 15.2 Å². The van der Waals surface area contributed by atoms with Crippen molar-refractivity contribution in [3.63, 3.8) is 0 Å². The summed E-state index contributed by atoms with van der Waals surface area (Å²) in [5.41, 5.74) is 7.31. The first-order chi connectivity index (χ1) is 9.20. The van der Waals surface area contributed by atoms with Gasteiger partial charge in [-0.1, -0.05) is 0 Å². The molecule has 1 fully saturated rings. The third-order valence-corrected chi connectivity index (χ3v) is 4.11. The molecule has 2 atom stereocenters. The lowest BCUT2D eigenvalue weighted by molar-refractivity contribution is -0.0176. The molecule has 1 saturated heterocycles. The minimum Gasteiger partial charge on any atom is -0.467 e. The highest BCUT2D eigenvalue weighted by Gasteiger charge is 2.34. The molecule has 2 aliphatic heterocycles. The zero-order valence-corrected chi connectivity index (χ0v) is 11.1. The van der Waals surface area contributed by atoms with Crippen LogP contribution in [0.4, 0.5) is 4.39 Å². The molecular weight excluding hydrogens is 247 g/mol. The lowest BCUT2D eigenvalue weighted by Crippen LogP contribution is -2.23. The van der Waals surface area contributed by atoms with Gasteiger partial charge >= 0.3 is 0 Å². The Morgan fingerprint density at radius 1 is 1.47 bits per heavy atom. The second-order valence-corrected chi connectivity index (χ2v) is 5.34. The number of halogens is 1. The van der Waals surface area contributed by atoms with E-state index in [1.165, 1.54) is 6.07 Å². The first kappa shape index (κ1) is 12.8. The molecular formula is C14H19FN2O2. The van der Waals surface area contributed by atoms with Crippen molar-refractivity contribution >= 4 is 0 Å². The van der Waals surface area contributed by atoms with Gasteiger partial charge in [-0.3, -0.25) is 4.90 Å². The van der Waals surface area contributed by atoms with Crippen LogP contribution in [0.5, 0.6) is 5.75 Å². The molecule has 104 valence electrons. The number of nitrogens with zero attached hydrogens (tertiary/aromatic N) is 1. The molecule has 0 aromatic heterocycles. The Bertz CT molecular complexity index is 481. The van der Waals surface area contributed by atoms with Crippen molar-refractivity contribution in [3.8, 4) is 5.75 Å². The second-order valence-electron chi connectivity index (χ2n) is 5.34. The zero-order valence-electron chi connectivity index (χ0n) is 11.1. The van der Waals surface area contributed by atoms with Crippen LogP contribution >= 0.6 is 0 Å². The van der Waals surface area contributed by atoms with E-state index in [0.29, 0.717) is 19.1 Å². The fourth-order valence-corrected chi connectivity index (χ4v) is 3.12. The minimum absolute atomic E-state index is 0.0637. The van der Waals surface area contributed by atoms with E-state index in [-0.39, 0.29) is 18.7 Å². The Labute approximate surface area is 112 Å². The molecule has 3 rings (SSSR count).